The summed E-state index contributed by atoms with van der Waals surface area (Å²) in [7, 11) is 0. The summed E-state index contributed by atoms with van der Waals surface area (Å²) >= 11 is 5.15. The zero-order valence-corrected chi connectivity index (χ0v) is 12.6. The molecule has 1 aliphatic carbocycles. The predicted octanol–water partition coefficient (Wildman–Crippen LogP) is 3.96. The summed E-state index contributed by atoms with van der Waals surface area (Å²) in [5.74, 6) is 0.595. The number of carbonyl (C=O) groups excluding carboxylic acids is 1. The summed E-state index contributed by atoms with van der Waals surface area (Å²) in [4.78, 5) is 17.9. The van der Waals surface area contributed by atoms with E-state index in [2.05, 4.69) is 37.7 Å². The van der Waals surface area contributed by atoms with E-state index < -0.39 is 0 Å². The van der Waals surface area contributed by atoms with Crippen molar-refractivity contribution in [1.82, 2.24) is 4.98 Å². The van der Waals surface area contributed by atoms with Gasteiger partial charge in [-0.1, -0.05) is 0 Å². The molecular weight excluding hydrogens is 324 g/mol. The SMILES string of the molecule is O=C(Nc1ncccc1Br)C1CCCc2sccc21. The van der Waals surface area contributed by atoms with Crippen LogP contribution in [0.3, 0.4) is 0 Å². The van der Waals surface area contributed by atoms with Crippen molar-refractivity contribution in [3.63, 3.8) is 0 Å². The maximum Gasteiger partial charge on any atom is 0.233 e. The van der Waals surface area contributed by atoms with Crippen molar-refractivity contribution in [2.75, 3.05) is 5.32 Å². The fourth-order valence-corrected chi connectivity index (χ4v) is 3.78. The number of aryl methyl sites for hydroxylation is 1. The lowest BCUT2D eigenvalue weighted by molar-refractivity contribution is -0.117. The number of anilines is 1. The zero-order valence-electron chi connectivity index (χ0n) is 10.2. The number of carbonyl (C=O) groups is 1. The smallest absolute Gasteiger partial charge is 0.233 e. The van der Waals surface area contributed by atoms with Gasteiger partial charge in [-0.25, -0.2) is 4.98 Å². The van der Waals surface area contributed by atoms with E-state index >= 15 is 0 Å². The van der Waals surface area contributed by atoms with Crippen molar-refractivity contribution in [3.8, 4) is 0 Å². The van der Waals surface area contributed by atoms with Crippen LogP contribution in [0.1, 0.15) is 29.2 Å². The van der Waals surface area contributed by atoms with E-state index in [0.29, 0.717) is 5.82 Å². The second kappa shape index (κ2) is 5.43. The maximum absolute atomic E-state index is 12.4. The molecule has 0 radical (unpaired) electrons. The Morgan fingerprint density at radius 1 is 1.47 bits per heavy atom. The van der Waals surface area contributed by atoms with Crippen molar-refractivity contribution in [2.45, 2.75) is 25.2 Å². The molecule has 1 atom stereocenters. The van der Waals surface area contributed by atoms with E-state index in [0.717, 1.165) is 23.7 Å². The van der Waals surface area contributed by atoms with Crippen LogP contribution < -0.4 is 5.32 Å². The summed E-state index contributed by atoms with van der Waals surface area (Å²) in [5.41, 5.74) is 1.20. The average molecular weight is 337 g/mol. The van der Waals surface area contributed by atoms with Crippen LogP contribution >= 0.6 is 27.3 Å². The monoisotopic (exact) mass is 336 g/mol. The maximum atomic E-state index is 12.4. The Morgan fingerprint density at radius 3 is 3.21 bits per heavy atom. The zero-order chi connectivity index (χ0) is 13.2. The van der Waals surface area contributed by atoms with E-state index in [1.165, 1.54) is 10.4 Å². The molecule has 98 valence electrons. The second-order valence-electron chi connectivity index (χ2n) is 4.57. The van der Waals surface area contributed by atoms with Gasteiger partial charge in [0.2, 0.25) is 5.91 Å². The van der Waals surface area contributed by atoms with Crippen molar-refractivity contribution >= 4 is 39.0 Å². The lowest BCUT2D eigenvalue weighted by Gasteiger charge is -2.21. The summed E-state index contributed by atoms with van der Waals surface area (Å²) in [6, 6.07) is 5.79. The van der Waals surface area contributed by atoms with Gasteiger partial charge in [-0.2, -0.15) is 0 Å². The lowest BCUT2D eigenvalue weighted by atomic mass is 9.87. The van der Waals surface area contributed by atoms with Gasteiger partial charge in [0.1, 0.15) is 5.82 Å². The fourth-order valence-electron chi connectivity index (χ4n) is 2.44. The molecule has 0 aromatic carbocycles. The molecule has 1 N–H and O–H groups in total. The number of pyridine rings is 1. The number of hydrogen-bond donors (Lipinski definition) is 1. The fraction of sp³-hybridized carbons (Fsp3) is 0.286. The second-order valence-corrected chi connectivity index (χ2v) is 6.42. The molecule has 3 nitrogen and oxygen atoms in total. The highest BCUT2D eigenvalue weighted by atomic mass is 79.9. The number of hydrogen-bond acceptors (Lipinski definition) is 3. The van der Waals surface area contributed by atoms with Gasteiger partial charge in [0.05, 0.1) is 10.4 Å². The van der Waals surface area contributed by atoms with Crippen molar-refractivity contribution < 1.29 is 4.79 Å². The molecule has 0 fully saturated rings. The van der Waals surface area contributed by atoms with E-state index in [-0.39, 0.29) is 11.8 Å². The summed E-state index contributed by atoms with van der Waals surface area (Å²) in [6.45, 7) is 0. The van der Waals surface area contributed by atoms with E-state index in [1.54, 1.807) is 17.5 Å². The third-order valence-electron chi connectivity index (χ3n) is 3.37. The first kappa shape index (κ1) is 12.8. The molecule has 3 rings (SSSR count). The van der Waals surface area contributed by atoms with Crippen molar-refractivity contribution in [3.05, 3.63) is 44.7 Å². The van der Waals surface area contributed by atoms with Gasteiger partial charge in [-0.3, -0.25) is 4.79 Å². The Morgan fingerprint density at radius 2 is 2.37 bits per heavy atom. The third kappa shape index (κ3) is 2.58. The highest BCUT2D eigenvalue weighted by Crippen LogP contribution is 2.35. The Bertz CT molecular complexity index is 611. The van der Waals surface area contributed by atoms with Crippen LogP contribution in [-0.2, 0) is 11.2 Å². The molecule has 5 heteroatoms. The molecule has 0 aliphatic heterocycles. The molecule has 0 saturated heterocycles. The van der Waals surface area contributed by atoms with E-state index in [9.17, 15) is 4.79 Å². The van der Waals surface area contributed by atoms with Crippen LogP contribution in [0.2, 0.25) is 0 Å². The molecule has 19 heavy (non-hydrogen) atoms. The number of nitrogens with one attached hydrogen (secondary N) is 1. The van der Waals surface area contributed by atoms with E-state index in [1.807, 2.05) is 12.1 Å². The van der Waals surface area contributed by atoms with Crippen molar-refractivity contribution in [2.24, 2.45) is 0 Å². The Hall–Kier alpha value is -1.20. The number of amides is 1. The van der Waals surface area contributed by atoms with Crippen LogP contribution in [0.15, 0.2) is 34.2 Å². The van der Waals surface area contributed by atoms with Gasteiger partial charge in [-0.05, 0) is 64.3 Å². The van der Waals surface area contributed by atoms with Crippen LogP contribution in [-0.4, -0.2) is 10.9 Å². The molecule has 0 saturated carbocycles. The average Bonchev–Trinajstić information content (AvgIpc) is 2.89. The summed E-state index contributed by atoms with van der Waals surface area (Å²) < 4.78 is 0.810. The van der Waals surface area contributed by atoms with E-state index in [4.69, 9.17) is 0 Å². The Kier molecular flexibility index (Phi) is 3.66. The molecule has 2 aromatic rings. The third-order valence-corrected chi connectivity index (χ3v) is 5.00. The van der Waals surface area contributed by atoms with Crippen LogP contribution in [0.4, 0.5) is 5.82 Å². The first-order valence-electron chi connectivity index (χ1n) is 6.23. The number of thiophene rings is 1. The van der Waals surface area contributed by atoms with Gasteiger partial charge in [0.25, 0.3) is 0 Å². The van der Waals surface area contributed by atoms with Gasteiger partial charge in [0, 0.05) is 11.1 Å². The first-order chi connectivity index (χ1) is 9.25. The number of aromatic nitrogens is 1. The minimum Gasteiger partial charge on any atom is -0.309 e. The minimum absolute atomic E-state index is 0.0380. The van der Waals surface area contributed by atoms with Gasteiger partial charge in [0.15, 0.2) is 0 Å². The largest absolute Gasteiger partial charge is 0.309 e. The number of fused-ring (bicyclic) bond motifs is 1. The van der Waals surface area contributed by atoms with Gasteiger partial charge < -0.3 is 5.32 Å². The molecule has 1 amide bonds. The molecular formula is C14H13BrN2OS. The standard InChI is InChI=1S/C14H13BrN2OS/c15-11-4-2-7-16-13(11)17-14(18)10-3-1-5-12-9(10)6-8-19-12/h2,4,6-8,10H,1,3,5H2,(H,16,17,18). The van der Waals surface area contributed by atoms with Crippen molar-refractivity contribution in [1.29, 1.82) is 0 Å². The Balaban J connectivity index is 1.81. The van der Waals surface area contributed by atoms with Crippen LogP contribution in [0.25, 0.3) is 0 Å². The molecule has 0 bridgehead atoms. The Labute approximate surface area is 124 Å². The summed E-state index contributed by atoms with van der Waals surface area (Å²) in [5, 5.41) is 4.99. The summed E-state index contributed by atoms with van der Waals surface area (Å²) in [6.07, 6.45) is 4.77. The van der Waals surface area contributed by atoms with Crippen LogP contribution in [0.5, 0.6) is 0 Å². The topological polar surface area (TPSA) is 42.0 Å². The number of rotatable bonds is 2. The molecule has 2 heterocycles. The molecule has 2 aromatic heterocycles. The predicted molar refractivity (Wildman–Crippen MR) is 80.6 cm³/mol. The highest BCUT2D eigenvalue weighted by Gasteiger charge is 2.27. The lowest BCUT2D eigenvalue weighted by Crippen LogP contribution is -2.24. The molecule has 0 spiro atoms. The minimum atomic E-state index is -0.0380. The number of nitrogens with zero attached hydrogens (tertiary/aromatic N) is 1. The van der Waals surface area contributed by atoms with Gasteiger partial charge >= 0.3 is 0 Å². The van der Waals surface area contributed by atoms with Gasteiger partial charge in [-0.15, -0.1) is 11.3 Å². The first-order valence-corrected chi connectivity index (χ1v) is 7.90. The molecule has 1 unspecified atom stereocenters. The molecule has 1 aliphatic rings. The quantitative estimate of drug-likeness (QED) is 0.901. The van der Waals surface area contributed by atoms with Crippen LogP contribution in [0, 0.1) is 0 Å². The normalized spacial score (nSPS) is 17.8. The number of halogens is 1. The highest BCUT2D eigenvalue weighted by molar-refractivity contribution is 9.10.